The molecule has 7 heteroatoms. The van der Waals surface area contributed by atoms with Gasteiger partial charge in [-0.05, 0) is 15.9 Å². The van der Waals surface area contributed by atoms with Crippen LogP contribution < -0.4 is 5.56 Å². The van der Waals surface area contributed by atoms with Crippen LogP contribution in [-0.2, 0) is 6.54 Å². The van der Waals surface area contributed by atoms with E-state index in [4.69, 9.17) is 5.21 Å². The van der Waals surface area contributed by atoms with Gasteiger partial charge >= 0.3 is 0 Å². The smallest absolute Gasteiger partial charge is 0.264 e. The highest BCUT2D eigenvalue weighted by molar-refractivity contribution is 9.10. The summed E-state index contributed by atoms with van der Waals surface area (Å²) in [6, 6.07) is 0. The molecule has 1 aromatic heterocycles. The fourth-order valence-electron chi connectivity index (χ4n) is 1.23. The number of nitrogens with zero attached hydrogens (tertiary/aromatic N) is 3. The van der Waals surface area contributed by atoms with Crippen LogP contribution in [-0.4, -0.2) is 26.7 Å². The van der Waals surface area contributed by atoms with Crippen molar-refractivity contribution in [2.24, 2.45) is 5.16 Å². The Morgan fingerprint density at radius 2 is 2.50 bits per heavy atom. The molecular weight excluding hydrogens is 270 g/mol. The molecule has 74 valence electrons. The van der Waals surface area contributed by atoms with Gasteiger partial charge < -0.3 is 5.21 Å². The van der Waals surface area contributed by atoms with Crippen LogP contribution in [0, 0.1) is 0 Å². The molecular formula is C7H6BrN3O2S. The lowest BCUT2D eigenvalue weighted by atomic mass is 10.3. The van der Waals surface area contributed by atoms with Gasteiger partial charge in [0.2, 0.25) is 0 Å². The van der Waals surface area contributed by atoms with Gasteiger partial charge in [0.25, 0.3) is 5.56 Å². The molecule has 2 heterocycles. The van der Waals surface area contributed by atoms with Crippen LogP contribution in [0.4, 0.5) is 0 Å². The molecule has 0 fully saturated rings. The number of rotatable bonds is 1. The first kappa shape index (κ1) is 9.72. The Morgan fingerprint density at radius 3 is 3.21 bits per heavy atom. The molecule has 1 aliphatic heterocycles. The number of oxime groups is 1. The van der Waals surface area contributed by atoms with Crippen LogP contribution in [0.1, 0.15) is 5.56 Å². The minimum absolute atomic E-state index is 0.176. The highest BCUT2D eigenvalue weighted by Gasteiger charge is 2.18. The molecule has 0 aliphatic carbocycles. The van der Waals surface area contributed by atoms with Gasteiger partial charge in [0.05, 0.1) is 11.8 Å². The zero-order valence-electron chi connectivity index (χ0n) is 6.97. The predicted octanol–water partition coefficient (Wildman–Crippen LogP) is 0.920. The summed E-state index contributed by atoms with van der Waals surface area (Å²) in [6.45, 7) is 0.658. The Hall–Kier alpha value is -0.820. The normalized spacial score (nSPS) is 14.9. The van der Waals surface area contributed by atoms with E-state index < -0.39 is 0 Å². The Labute approximate surface area is 92.0 Å². The van der Waals surface area contributed by atoms with Gasteiger partial charge in [0, 0.05) is 12.3 Å². The molecule has 0 atom stereocenters. The molecule has 0 unspecified atom stereocenters. The molecule has 0 saturated carbocycles. The zero-order valence-corrected chi connectivity index (χ0v) is 9.38. The lowest BCUT2D eigenvalue weighted by Crippen LogP contribution is -2.24. The Balaban J connectivity index is 2.69. The molecule has 1 aliphatic rings. The molecule has 0 bridgehead atoms. The van der Waals surface area contributed by atoms with Crippen LogP contribution in [0.25, 0.3) is 0 Å². The SMILES string of the molecule is O=c1c(C=NO)c(Br)nc2n1CCS2. The summed E-state index contributed by atoms with van der Waals surface area (Å²) in [5.74, 6) is 0.856. The van der Waals surface area contributed by atoms with E-state index in [2.05, 4.69) is 26.1 Å². The molecule has 0 spiro atoms. The van der Waals surface area contributed by atoms with Gasteiger partial charge in [-0.3, -0.25) is 9.36 Å². The molecule has 0 aromatic carbocycles. The van der Waals surface area contributed by atoms with E-state index in [0.29, 0.717) is 16.3 Å². The first-order chi connectivity index (χ1) is 6.74. The first-order valence-electron chi connectivity index (χ1n) is 3.84. The molecule has 0 amide bonds. The van der Waals surface area contributed by atoms with E-state index in [9.17, 15) is 4.79 Å². The van der Waals surface area contributed by atoms with Crippen LogP contribution in [0.2, 0.25) is 0 Å². The maximum absolute atomic E-state index is 11.7. The summed E-state index contributed by atoms with van der Waals surface area (Å²) >= 11 is 4.70. The number of hydrogen-bond acceptors (Lipinski definition) is 5. The highest BCUT2D eigenvalue weighted by atomic mass is 79.9. The van der Waals surface area contributed by atoms with Crippen molar-refractivity contribution in [1.29, 1.82) is 0 Å². The third-order valence-electron chi connectivity index (χ3n) is 1.86. The van der Waals surface area contributed by atoms with Crippen molar-refractivity contribution in [3.63, 3.8) is 0 Å². The monoisotopic (exact) mass is 275 g/mol. The van der Waals surface area contributed by atoms with Crippen LogP contribution in [0.5, 0.6) is 0 Å². The number of hydrogen-bond donors (Lipinski definition) is 1. The number of aromatic nitrogens is 2. The van der Waals surface area contributed by atoms with Crippen molar-refractivity contribution in [3.8, 4) is 0 Å². The van der Waals surface area contributed by atoms with Gasteiger partial charge in [0.1, 0.15) is 4.60 Å². The summed E-state index contributed by atoms with van der Waals surface area (Å²) < 4.78 is 1.99. The lowest BCUT2D eigenvalue weighted by molar-refractivity contribution is 0.321. The number of fused-ring (bicyclic) bond motifs is 1. The minimum Gasteiger partial charge on any atom is -0.411 e. The molecule has 1 N–H and O–H groups in total. The third kappa shape index (κ3) is 1.46. The van der Waals surface area contributed by atoms with Gasteiger partial charge in [-0.1, -0.05) is 16.9 Å². The summed E-state index contributed by atoms with van der Waals surface area (Å²) in [6.07, 6.45) is 1.09. The number of thioether (sulfide) groups is 1. The van der Waals surface area contributed by atoms with Crippen molar-refractivity contribution in [3.05, 3.63) is 20.5 Å². The molecule has 0 radical (unpaired) electrons. The second-order valence-electron chi connectivity index (χ2n) is 2.65. The van der Waals surface area contributed by atoms with E-state index in [1.165, 1.54) is 11.8 Å². The number of halogens is 1. The summed E-state index contributed by atoms with van der Waals surface area (Å²) in [5, 5.41) is 11.9. The molecule has 14 heavy (non-hydrogen) atoms. The molecule has 5 nitrogen and oxygen atoms in total. The minimum atomic E-state index is -0.176. The summed E-state index contributed by atoms with van der Waals surface area (Å²) in [5.41, 5.74) is 0.100. The Bertz CT molecular complexity index is 457. The highest BCUT2D eigenvalue weighted by Crippen LogP contribution is 2.23. The average molecular weight is 276 g/mol. The fourth-order valence-corrected chi connectivity index (χ4v) is 2.73. The Kier molecular flexibility index (Phi) is 2.60. The van der Waals surface area contributed by atoms with Gasteiger partial charge in [0.15, 0.2) is 5.16 Å². The first-order valence-corrected chi connectivity index (χ1v) is 5.62. The maximum Gasteiger partial charge on any atom is 0.264 e. The van der Waals surface area contributed by atoms with Crippen molar-refractivity contribution in [1.82, 2.24) is 9.55 Å². The summed E-state index contributed by atoms with van der Waals surface area (Å²) in [7, 11) is 0. The van der Waals surface area contributed by atoms with Gasteiger partial charge in [-0.25, -0.2) is 4.98 Å². The van der Waals surface area contributed by atoms with Crippen LogP contribution >= 0.6 is 27.7 Å². The second-order valence-corrected chi connectivity index (χ2v) is 4.46. The van der Waals surface area contributed by atoms with Crippen molar-refractivity contribution < 1.29 is 5.21 Å². The van der Waals surface area contributed by atoms with Gasteiger partial charge in [-0.2, -0.15) is 0 Å². The fraction of sp³-hybridized carbons (Fsp3) is 0.286. The largest absolute Gasteiger partial charge is 0.411 e. The van der Waals surface area contributed by atoms with Crippen LogP contribution in [0.15, 0.2) is 19.7 Å². The Morgan fingerprint density at radius 1 is 1.71 bits per heavy atom. The van der Waals surface area contributed by atoms with Gasteiger partial charge in [-0.15, -0.1) is 0 Å². The average Bonchev–Trinajstić information content (AvgIpc) is 2.60. The van der Waals surface area contributed by atoms with Crippen molar-refractivity contribution in [2.75, 3.05) is 5.75 Å². The van der Waals surface area contributed by atoms with E-state index >= 15 is 0 Å². The standard InChI is InChI=1S/C7H6BrN3O2S/c8-5-4(3-9-13)6(12)11-1-2-14-7(11)10-5/h3,13H,1-2H2. The van der Waals surface area contributed by atoms with E-state index in [0.717, 1.165) is 12.0 Å². The van der Waals surface area contributed by atoms with E-state index in [-0.39, 0.29) is 11.1 Å². The van der Waals surface area contributed by atoms with E-state index in [1.807, 2.05) is 0 Å². The second kappa shape index (κ2) is 3.74. The van der Waals surface area contributed by atoms with E-state index in [1.54, 1.807) is 4.57 Å². The lowest BCUT2D eigenvalue weighted by Gasteiger charge is -2.03. The van der Waals surface area contributed by atoms with Crippen LogP contribution in [0.3, 0.4) is 0 Å². The zero-order chi connectivity index (χ0) is 10.1. The molecule has 2 rings (SSSR count). The quantitative estimate of drug-likeness (QED) is 0.272. The van der Waals surface area contributed by atoms with Crippen molar-refractivity contribution in [2.45, 2.75) is 11.7 Å². The third-order valence-corrected chi connectivity index (χ3v) is 3.42. The molecule has 0 saturated heterocycles. The topological polar surface area (TPSA) is 67.5 Å². The summed E-state index contributed by atoms with van der Waals surface area (Å²) in [4.78, 5) is 15.9. The van der Waals surface area contributed by atoms with Crippen molar-refractivity contribution >= 4 is 33.9 Å². The molecule has 1 aromatic rings. The maximum atomic E-state index is 11.7. The predicted molar refractivity (Wildman–Crippen MR) is 56.3 cm³/mol.